The third kappa shape index (κ3) is 4.04. The Kier molecular flexibility index (Phi) is 4.20. The van der Waals surface area contributed by atoms with Crippen molar-refractivity contribution in [2.24, 2.45) is 0 Å². The molecule has 0 bridgehead atoms. The number of hydrogen-bond donors (Lipinski definition) is 2. The lowest BCUT2D eigenvalue weighted by Gasteiger charge is -2.08. The molecule has 1 fully saturated rings. The minimum Gasteiger partial charge on any atom is -0.379 e. The highest BCUT2D eigenvalue weighted by atomic mass is 79.9. The summed E-state index contributed by atoms with van der Waals surface area (Å²) in [5.74, 6) is 0.00270. The Hall–Kier alpha value is -1.88. The van der Waals surface area contributed by atoms with Crippen molar-refractivity contribution < 1.29 is 4.79 Å². The summed E-state index contributed by atoms with van der Waals surface area (Å²) in [6.45, 7) is 0.626. The van der Waals surface area contributed by atoms with Gasteiger partial charge in [0.2, 0.25) is 0 Å². The summed E-state index contributed by atoms with van der Waals surface area (Å²) < 4.78 is 0.963. The third-order valence-corrected chi connectivity index (χ3v) is 3.77. The van der Waals surface area contributed by atoms with Gasteiger partial charge >= 0.3 is 0 Å². The molecule has 0 saturated heterocycles. The van der Waals surface area contributed by atoms with E-state index in [1.54, 1.807) is 6.20 Å². The third-order valence-electron chi connectivity index (χ3n) is 3.30. The Bertz CT molecular complexity index is 638. The van der Waals surface area contributed by atoms with Gasteiger partial charge in [-0.1, -0.05) is 6.07 Å². The summed E-state index contributed by atoms with van der Waals surface area (Å²) in [6.07, 6.45) is 3.97. The Morgan fingerprint density at radius 3 is 2.86 bits per heavy atom. The van der Waals surface area contributed by atoms with Crippen LogP contribution >= 0.6 is 15.9 Å². The van der Waals surface area contributed by atoms with Crippen LogP contribution in [-0.4, -0.2) is 16.9 Å². The summed E-state index contributed by atoms with van der Waals surface area (Å²) in [4.78, 5) is 16.3. The molecule has 0 radical (unpaired) electrons. The van der Waals surface area contributed by atoms with Gasteiger partial charge in [-0.3, -0.25) is 9.78 Å². The predicted octanol–water partition coefficient (Wildman–Crippen LogP) is 3.35. The van der Waals surface area contributed by atoms with E-state index >= 15 is 0 Å². The molecule has 1 heterocycles. The summed E-state index contributed by atoms with van der Waals surface area (Å²) in [6, 6.07) is 11.8. The molecule has 1 saturated carbocycles. The summed E-state index contributed by atoms with van der Waals surface area (Å²) in [5.41, 5.74) is 2.56. The predicted molar refractivity (Wildman–Crippen MR) is 86.2 cm³/mol. The smallest absolute Gasteiger partial charge is 0.251 e. The average molecular weight is 346 g/mol. The van der Waals surface area contributed by atoms with Crippen LogP contribution in [0.25, 0.3) is 0 Å². The molecule has 2 N–H and O–H groups in total. The zero-order chi connectivity index (χ0) is 14.7. The fraction of sp³-hybridized carbons (Fsp3) is 0.250. The highest BCUT2D eigenvalue weighted by Gasteiger charge is 2.23. The Balaban J connectivity index is 1.62. The molecule has 2 aromatic rings. The van der Waals surface area contributed by atoms with E-state index in [2.05, 4.69) is 31.5 Å². The van der Waals surface area contributed by atoms with E-state index in [9.17, 15) is 4.79 Å². The molecule has 1 aliphatic rings. The molecule has 0 spiro atoms. The zero-order valence-corrected chi connectivity index (χ0v) is 13.1. The molecule has 1 amide bonds. The van der Waals surface area contributed by atoms with Crippen molar-refractivity contribution >= 4 is 27.5 Å². The van der Waals surface area contributed by atoms with Crippen LogP contribution in [-0.2, 0) is 6.54 Å². The van der Waals surface area contributed by atoms with Crippen LogP contribution in [0.2, 0.25) is 0 Å². The standard InChI is InChI=1S/C16H16BrN3O/c17-12-4-5-15(18-9-12)10-19-14-3-1-2-11(8-14)16(21)20-13-6-7-13/h1-5,8-9,13,19H,6-7,10H2,(H,20,21). The topological polar surface area (TPSA) is 54.0 Å². The lowest BCUT2D eigenvalue weighted by atomic mass is 10.2. The van der Waals surface area contributed by atoms with Crippen LogP contribution < -0.4 is 10.6 Å². The average Bonchev–Trinajstić information content (AvgIpc) is 3.31. The van der Waals surface area contributed by atoms with Crippen molar-refractivity contribution in [1.82, 2.24) is 10.3 Å². The van der Waals surface area contributed by atoms with Crippen LogP contribution in [0.4, 0.5) is 5.69 Å². The van der Waals surface area contributed by atoms with Crippen molar-refractivity contribution in [3.05, 3.63) is 58.3 Å². The number of hydrogen-bond acceptors (Lipinski definition) is 3. The molecule has 0 aliphatic heterocycles. The van der Waals surface area contributed by atoms with Gasteiger partial charge < -0.3 is 10.6 Å². The Morgan fingerprint density at radius 2 is 2.14 bits per heavy atom. The maximum Gasteiger partial charge on any atom is 0.251 e. The normalized spacial score (nSPS) is 13.8. The summed E-state index contributed by atoms with van der Waals surface area (Å²) in [7, 11) is 0. The van der Waals surface area contributed by atoms with E-state index in [0.29, 0.717) is 18.2 Å². The van der Waals surface area contributed by atoms with Crippen LogP contribution in [0.3, 0.4) is 0 Å². The summed E-state index contributed by atoms with van der Waals surface area (Å²) >= 11 is 3.36. The molecule has 1 aromatic carbocycles. The van der Waals surface area contributed by atoms with Gasteiger partial charge in [0.25, 0.3) is 5.91 Å². The van der Waals surface area contributed by atoms with Gasteiger partial charge in [-0.25, -0.2) is 0 Å². The number of nitrogens with zero attached hydrogens (tertiary/aromatic N) is 1. The number of carbonyl (C=O) groups is 1. The van der Waals surface area contributed by atoms with E-state index in [1.807, 2.05) is 36.4 Å². The molecule has 3 rings (SSSR count). The number of pyridine rings is 1. The van der Waals surface area contributed by atoms with E-state index < -0.39 is 0 Å². The van der Waals surface area contributed by atoms with E-state index in [-0.39, 0.29) is 5.91 Å². The van der Waals surface area contributed by atoms with Crippen LogP contribution in [0.5, 0.6) is 0 Å². The maximum atomic E-state index is 12.0. The van der Waals surface area contributed by atoms with Gasteiger partial charge in [0.15, 0.2) is 0 Å². The molecule has 0 unspecified atom stereocenters. The fourth-order valence-electron chi connectivity index (χ4n) is 1.97. The van der Waals surface area contributed by atoms with Crippen molar-refractivity contribution in [2.75, 3.05) is 5.32 Å². The number of amides is 1. The van der Waals surface area contributed by atoms with E-state index in [1.165, 1.54) is 0 Å². The SMILES string of the molecule is O=C(NC1CC1)c1cccc(NCc2ccc(Br)cn2)c1. The van der Waals surface area contributed by atoms with Gasteiger partial charge in [0, 0.05) is 28.0 Å². The molecule has 1 aromatic heterocycles. The van der Waals surface area contributed by atoms with Crippen molar-refractivity contribution in [3.63, 3.8) is 0 Å². The zero-order valence-electron chi connectivity index (χ0n) is 11.5. The molecule has 0 atom stereocenters. The maximum absolute atomic E-state index is 12.0. The second-order valence-corrected chi connectivity index (χ2v) is 6.07. The van der Waals surface area contributed by atoms with Gasteiger partial charge in [-0.2, -0.15) is 0 Å². The molecular formula is C16H16BrN3O. The lowest BCUT2D eigenvalue weighted by molar-refractivity contribution is 0.0951. The first-order valence-electron chi connectivity index (χ1n) is 6.96. The largest absolute Gasteiger partial charge is 0.379 e. The number of benzene rings is 1. The molecular weight excluding hydrogens is 330 g/mol. The molecule has 5 heteroatoms. The fourth-order valence-corrected chi connectivity index (χ4v) is 2.20. The number of anilines is 1. The van der Waals surface area contributed by atoms with E-state index in [0.717, 1.165) is 28.7 Å². The van der Waals surface area contributed by atoms with Crippen molar-refractivity contribution in [1.29, 1.82) is 0 Å². The molecule has 21 heavy (non-hydrogen) atoms. The lowest BCUT2D eigenvalue weighted by Crippen LogP contribution is -2.25. The minimum atomic E-state index is 0.00270. The number of rotatable bonds is 5. The van der Waals surface area contributed by atoms with Crippen LogP contribution in [0, 0.1) is 0 Å². The first-order valence-corrected chi connectivity index (χ1v) is 7.75. The second kappa shape index (κ2) is 6.26. The van der Waals surface area contributed by atoms with Crippen molar-refractivity contribution in [2.45, 2.75) is 25.4 Å². The highest BCUT2D eigenvalue weighted by molar-refractivity contribution is 9.10. The second-order valence-electron chi connectivity index (χ2n) is 5.15. The van der Waals surface area contributed by atoms with E-state index in [4.69, 9.17) is 0 Å². The first-order chi connectivity index (χ1) is 10.2. The Labute approximate surface area is 132 Å². The monoisotopic (exact) mass is 345 g/mol. The van der Waals surface area contributed by atoms with Gasteiger partial charge in [0.1, 0.15) is 0 Å². The number of carbonyl (C=O) groups excluding carboxylic acids is 1. The van der Waals surface area contributed by atoms with Gasteiger partial charge in [0.05, 0.1) is 12.2 Å². The molecule has 4 nitrogen and oxygen atoms in total. The van der Waals surface area contributed by atoms with Gasteiger partial charge in [-0.15, -0.1) is 0 Å². The van der Waals surface area contributed by atoms with Gasteiger partial charge in [-0.05, 0) is 59.1 Å². The highest BCUT2D eigenvalue weighted by Crippen LogP contribution is 2.20. The summed E-state index contributed by atoms with van der Waals surface area (Å²) in [5, 5.41) is 6.28. The Morgan fingerprint density at radius 1 is 1.29 bits per heavy atom. The van der Waals surface area contributed by atoms with Crippen molar-refractivity contribution in [3.8, 4) is 0 Å². The number of nitrogens with one attached hydrogen (secondary N) is 2. The minimum absolute atomic E-state index is 0.00270. The molecule has 108 valence electrons. The number of aromatic nitrogens is 1. The molecule has 1 aliphatic carbocycles. The number of halogens is 1. The van der Waals surface area contributed by atoms with Crippen LogP contribution in [0.1, 0.15) is 28.9 Å². The first kappa shape index (κ1) is 14.1. The quantitative estimate of drug-likeness (QED) is 0.873. The van der Waals surface area contributed by atoms with Crippen LogP contribution in [0.15, 0.2) is 47.1 Å².